The van der Waals surface area contributed by atoms with E-state index in [1.165, 1.54) is 4.90 Å². The summed E-state index contributed by atoms with van der Waals surface area (Å²) in [7, 11) is -10.7. The van der Waals surface area contributed by atoms with Gasteiger partial charge in [0.15, 0.2) is 0 Å². The average molecular weight is 290 g/mol. The number of nitrogens with zero attached hydrogens (tertiary/aromatic N) is 1. The van der Waals surface area contributed by atoms with E-state index >= 15 is 0 Å². The first kappa shape index (κ1) is 15.2. The molecule has 6 N–H and O–H groups in total. The van der Waals surface area contributed by atoms with Crippen LogP contribution < -0.4 is 5.32 Å². The highest BCUT2D eigenvalue weighted by atomic mass is 31.2. The van der Waals surface area contributed by atoms with Crippen molar-refractivity contribution >= 4 is 15.2 Å². The molecule has 0 aromatic heterocycles. The lowest BCUT2D eigenvalue weighted by Gasteiger charge is -2.36. The number of aliphatic hydroxyl groups is 1. The van der Waals surface area contributed by atoms with E-state index in [1.54, 1.807) is 0 Å². The Morgan fingerprint density at radius 3 is 1.82 bits per heavy atom. The van der Waals surface area contributed by atoms with Crippen molar-refractivity contribution in [3.05, 3.63) is 0 Å². The van der Waals surface area contributed by atoms with Gasteiger partial charge >= 0.3 is 15.2 Å². The van der Waals surface area contributed by atoms with Gasteiger partial charge in [-0.1, -0.05) is 0 Å². The lowest BCUT2D eigenvalue weighted by atomic mass is 10.3. The fourth-order valence-electron chi connectivity index (χ4n) is 1.52. The second-order valence-corrected chi connectivity index (χ2v) is 7.90. The van der Waals surface area contributed by atoms with Crippen LogP contribution >= 0.6 is 15.2 Å². The molecule has 1 rings (SSSR count). The Morgan fingerprint density at radius 2 is 1.47 bits per heavy atom. The maximum atomic E-state index is 11.1. The number of β-amino-alcohol motifs (C(OH)–C–C–N with tert-alkyl or cyclic N) is 1. The molecule has 0 aromatic rings. The third-order valence-electron chi connectivity index (χ3n) is 2.58. The number of nitrogens with one attached hydrogen (secondary N) is 1. The van der Waals surface area contributed by atoms with Crippen LogP contribution in [0.1, 0.15) is 0 Å². The zero-order valence-corrected chi connectivity index (χ0v) is 10.7. The van der Waals surface area contributed by atoms with Crippen LogP contribution in [0.2, 0.25) is 0 Å². The molecule has 1 aliphatic rings. The first-order chi connectivity index (χ1) is 7.58. The Balaban J connectivity index is 2.92. The van der Waals surface area contributed by atoms with Crippen LogP contribution in [-0.2, 0) is 9.13 Å². The second kappa shape index (κ2) is 5.05. The van der Waals surface area contributed by atoms with E-state index in [0.717, 1.165) is 0 Å². The average Bonchev–Trinajstić information content (AvgIpc) is 2.15. The van der Waals surface area contributed by atoms with Crippen LogP contribution in [0.3, 0.4) is 0 Å². The van der Waals surface area contributed by atoms with E-state index in [0.29, 0.717) is 26.2 Å². The minimum atomic E-state index is -5.35. The molecule has 0 aliphatic carbocycles. The summed E-state index contributed by atoms with van der Waals surface area (Å²) < 4.78 is 22.2. The zero-order chi connectivity index (χ0) is 13.3. The van der Waals surface area contributed by atoms with Gasteiger partial charge in [-0.25, -0.2) is 0 Å². The Bertz CT molecular complexity index is 335. The van der Waals surface area contributed by atoms with Gasteiger partial charge in [0.05, 0.1) is 6.54 Å². The van der Waals surface area contributed by atoms with Crippen LogP contribution in [0, 0.1) is 0 Å². The van der Waals surface area contributed by atoms with Gasteiger partial charge in [-0.15, -0.1) is 0 Å². The predicted molar refractivity (Wildman–Crippen MR) is 58.3 cm³/mol. The third-order valence-corrected chi connectivity index (χ3v) is 6.29. The number of hydrogen-bond acceptors (Lipinski definition) is 5. The van der Waals surface area contributed by atoms with E-state index in [9.17, 15) is 14.2 Å². The first-order valence-corrected chi connectivity index (χ1v) is 8.07. The van der Waals surface area contributed by atoms with Crippen molar-refractivity contribution in [3.8, 4) is 0 Å². The first-order valence-electron chi connectivity index (χ1n) is 4.85. The maximum Gasteiger partial charge on any atom is 0.370 e. The van der Waals surface area contributed by atoms with Gasteiger partial charge in [0.25, 0.3) is 5.08 Å². The van der Waals surface area contributed by atoms with Crippen molar-refractivity contribution in [2.24, 2.45) is 0 Å². The Hall–Kier alpha value is 0.180. The van der Waals surface area contributed by atoms with Gasteiger partial charge in [0.2, 0.25) is 0 Å². The molecular weight excluding hydrogens is 274 g/mol. The van der Waals surface area contributed by atoms with E-state index in [4.69, 9.17) is 19.6 Å². The maximum absolute atomic E-state index is 11.1. The van der Waals surface area contributed by atoms with E-state index in [-0.39, 0.29) is 0 Å². The molecule has 1 saturated heterocycles. The third kappa shape index (κ3) is 3.35. The van der Waals surface area contributed by atoms with Crippen molar-refractivity contribution in [2.75, 3.05) is 32.7 Å². The van der Waals surface area contributed by atoms with Crippen LogP contribution in [0.15, 0.2) is 0 Å². The van der Waals surface area contributed by atoms with Crippen molar-refractivity contribution in [3.63, 3.8) is 0 Å². The smallest absolute Gasteiger partial charge is 0.367 e. The van der Waals surface area contributed by atoms with Gasteiger partial charge in [-0.3, -0.25) is 14.0 Å². The highest BCUT2D eigenvalue weighted by Crippen LogP contribution is 2.67. The van der Waals surface area contributed by atoms with Crippen LogP contribution in [0.25, 0.3) is 0 Å². The highest BCUT2D eigenvalue weighted by Gasteiger charge is 2.60. The van der Waals surface area contributed by atoms with E-state index < -0.39 is 26.8 Å². The predicted octanol–water partition coefficient (Wildman–Crippen LogP) is -2.11. The highest BCUT2D eigenvalue weighted by molar-refractivity contribution is 7.72. The van der Waals surface area contributed by atoms with Crippen LogP contribution in [0.4, 0.5) is 0 Å². The van der Waals surface area contributed by atoms with Crippen LogP contribution in [0.5, 0.6) is 0 Å². The lowest BCUT2D eigenvalue weighted by molar-refractivity contribution is 0.0817. The molecule has 9 nitrogen and oxygen atoms in total. The summed E-state index contributed by atoms with van der Waals surface area (Å²) in [5.41, 5.74) is 0. The van der Waals surface area contributed by atoms with E-state index in [2.05, 4.69) is 5.32 Å². The van der Waals surface area contributed by atoms with Crippen molar-refractivity contribution in [2.45, 2.75) is 5.08 Å². The Labute approximate surface area is 97.8 Å². The molecule has 17 heavy (non-hydrogen) atoms. The van der Waals surface area contributed by atoms with Gasteiger partial charge in [-0.05, 0) is 0 Å². The second-order valence-electron chi connectivity index (χ2n) is 3.89. The molecule has 0 atom stereocenters. The molecule has 1 heterocycles. The summed E-state index contributed by atoms with van der Waals surface area (Å²) in [4.78, 5) is 37.1. The van der Waals surface area contributed by atoms with E-state index in [1.807, 2.05) is 0 Å². The number of rotatable bonds is 4. The largest absolute Gasteiger partial charge is 0.370 e. The van der Waals surface area contributed by atoms with Crippen molar-refractivity contribution in [1.29, 1.82) is 0 Å². The molecule has 0 unspecified atom stereocenters. The van der Waals surface area contributed by atoms with Crippen molar-refractivity contribution in [1.82, 2.24) is 10.2 Å². The van der Waals surface area contributed by atoms with Gasteiger partial charge in [0.1, 0.15) is 0 Å². The van der Waals surface area contributed by atoms with Crippen molar-refractivity contribution < 1.29 is 33.8 Å². The quantitative estimate of drug-likeness (QED) is 0.320. The summed E-state index contributed by atoms with van der Waals surface area (Å²) in [6, 6.07) is 0. The number of hydrogen-bond donors (Lipinski definition) is 6. The Morgan fingerprint density at radius 1 is 1.06 bits per heavy atom. The molecule has 1 aliphatic heterocycles. The summed E-state index contributed by atoms with van der Waals surface area (Å²) in [5.74, 6) is 0. The summed E-state index contributed by atoms with van der Waals surface area (Å²) in [6.45, 7) is 0.991. The fraction of sp³-hybridized carbons (Fsp3) is 1.00. The van der Waals surface area contributed by atoms with Gasteiger partial charge in [-0.2, -0.15) is 0 Å². The minimum Gasteiger partial charge on any atom is -0.367 e. The Kier molecular flexibility index (Phi) is 4.52. The lowest BCUT2D eigenvalue weighted by Crippen LogP contribution is -2.50. The molecule has 1 fully saturated rings. The molecular formula is C6H16N2O7P2. The zero-order valence-electron chi connectivity index (χ0n) is 8.93. The monoisotopic (exact) mass is 290 g/mol. The molecule has 11 heteroatoms. The topological polar surface area (TPSA) is 151 Å². The number of piperazine rings is 1. The SMILES string of the molecule is O=P(O)(O)C(O)(CN1CCNCC1)P(=O)(O)O. The summed E-state index contributed by atoms with van der Waals surface area (Å²) in [6.07, 6.45) is 0. The standard InChI is InChI=1S/C6H16N2O7P2/c9-6(16(10,11)12,17(13,14)15)5-8-3-1-7-2-4-8/h7,9H,1-5H2,(H2,10,11,12)(H2,13,14,15). The minimum absolute atomic E-state index is 0.350. The summed E-state index contributed by atoms with van der Waals surface area (Å²) in [5, 5.41) is 9.28. The van der Waals surface area contributed by atoms with Crippen LogP contribution in [-0.4, -0.2) is 67.4 Å². The molecule has 0 saturated carbocycles. The van der Waals surface area contributed by atoms with Gasteiger partial charge in [0, 0.05) is 26.2 Å². The molecule has 102 valence electrons. The molecule has 0 radical (unpaired) electrons. The molecule has 0 amide bonds. The van der Waals surface area contributed by atoms with Gasteiger partial charge < -0.3 is 30.0 Å². The fourth-order valence-corrected chi connectivity index (χ4v) is 3.65. The molecule has 0 spiro atoms. The molecule has 0 bridgehead atoms. The summed E-state index contributed by atoms with van der Waals surface area (Å²) >= 11 is 0. The molecule has 0 aromatic carbocycles. The normalized spacial score (nSPS) is 20.5.